The summed E-state index contributed by atoms with van der Waals surface area (Å²) in [5, 5.41) is 10.3. The van der Waals surface area contributed by atoms with Crippen molar-refractivity contribution in [2.45, 2.75) is 81.7 Å². The van der Waals surface area contributed by atoms with Gasteiger partial charge in [-0.1, -0.05) is 22.9 Å². The van der Waals surface area contributed by atoms with E-state index in [2.05, 4.69) is 22.9 Å². The molecule has 1 aliphatic heterocycles. The minimum atomic E-state index is -0.185. The Morgan fingerprint density at radius 3 is 2.72 bits per heavy atom. The number of aliphatic hydroxyl groups is 1. The fraction of sp³-hybridized carbons (Fsp3) is 0.952. The SMILES string of the molecule is CC(=O)[C@H]1CC[C@H]2[C@@H]3CC4OC[C@@]5(CCC(O)CC45Br)[C@H]3CC[C@]12C. The summed E-state index contributed by atoms with van der Waals surface area (Å²) < 4.78 is 6.37. The molecule has 5 aliphatic rings. The standard InChI is InChI=1S/C21H31BrO3/c1-12(23)15-3-4-16-14-9-18-21(22)10-13(24)5-8-20(21,11-25-18)17(14)6-7-19(15,16)2/h13-18,24H,3-11H2,1-2H3/t13?,14-,15+,16-,17-,18?,19+,20-,21?/m0/s1. The number of hydrogen-bond donors (Lipinski definition) is 1. The predicted octanol–water partition coefficient (Wildman–Crippen LogP) is 4.10. The zero-order valence-electron chi connectivity index (χ0n) is 15.5. The molecule has 2 bridgehead atoms. The van der Waals surface area contributed by atoms with Crippen LogP contribution in [0, 0.1) is 34.5 Å². The van der Waals surface area contributed by atoms with Gasteiger partial charge in [-0.05, 0) is 81.5 Å². The summed E-state index contributed by atoms with van der Waals surface area (Å²) in [5.41, 5.74) is 0.416. The van der Waals surface area contributed by atoms with Crippen molar-refractivity contribution in [1.82, 2.24) is 0 Å². The van der Waals surface area contributed by atoms with Crippen LogP contribution in [0.5, 0.6) is 0 Å². The number of carbonyl (C=O) groups excluding carboxylic acids is 1. The zero-order chi connectivity index (χ0) is 17.6. The Kier molecular flexibility index (Phi) is 3.66. The molecule has 0 aromatic heterocycles. The van der Waals surface area contributed by atoms with Gasteiger partial charge in [-0.2, -0.15) is 0 Å². The highest BCUT2D eigenvalue weighted by molar-refractivity contribution is 9.10. The van der Waals surface area contributed by atoms with Crippen LogP contribution < -0.4 is 0 Å². The summed E-state index contributed by atoms with van der Waals surface area (Å²) in [5.74, 6) is 2.77. The van der Waals surface area contributed by atoms with Gasteiger partial charge in [0.2, 0.25) is 0 Å². The van der Waals surface area contributed by atoms with Gasteiger partial charge in [0.25, 0.3) is 0 Å². The van der Waals surface area contributed by atoms with E-state index < -0.39 is 0 Å². The smallest absolute Gasteiger partial charge is 0.133 e. The van der Waals surface area contributed by atoms with Crippen molar-refractivity contribution in [3.8, 4) is 0 Å². The molecule has 0 amide bonds. The number of Topliss-reactive ketones (excluding diaryl/α,β-unsaturated/α-hetero) is 1. The van der Waals surface area contributed by atoms with Gasteiger partial charge < -0.3 is 9.84 Å². The van der Waals surface area contributed by atoms with E-state index in [-0.39, 0.29) is 33.3 Å². The number of hydrogen-bond acceptors (Lipinski definition) is 3. The quantitative estimate of drug-likeness (QED) is 0.661. The van der Waals surface area contributed by atoms with E-state index in [1.807, 2.05) is 6.92 Å². The van der Waals surface area contributed by atoms with Gasteiger partial charge in [0.05, 0.1) is 23.1 Å². The summed E-state index contributed by atoms with van der Waals surface area (Å²) in [7, 11) is 0. The van der Waals surface area contributed by atoms with Gasteiger partial charge in [0, 0.05) is 11.3 Å². The van der Waals surface area contributed by atoms with Gasteiger partial charge >= 0.3 is 0 Å². The number of alkyl halides is 1. The van der Waals surface area contributed by atoms with Gasteiger partial charge in [0.1, 0.15) is 5.78 Å². The first kappa shape index (κ1) is 17.2. The molecule has 4 aliphatic carbocycles. The van der Waals surface area contributed by atoms with E-state index in [1.54, 1.807) is 0 Å². The maximum atomic E-state index is 12.3. The number of ketones is 1. The predicted molar refractivity (Wildman–Crippen MR) is 99.5 cm³/mol. The molecule has 0 radical (unpaired) electrons. The van der Waals surface area contributed by atoms with Gasteiger partial charge in [0.15, 0.2) is 0 Å². The van der Waals surface area contributed by atoms with Crippen molar-refractivity contribution in [2.24, 2.45) is 34.5 Å². The summed E-state index contributed by atoms with van der Waals surface area (Å²) in [4.78, 5) is 12.3. The third-order valence-electron chi connectivity index (χ3n) is 9.46. The number of fused-ring (bicyclic) bond motifs is 3. The first-order chi connectivity index (χ1) is 11.8. The molecule has 3 unspecified atom stereocenters. The number of ether oxygens (including phenoxy) is 1. The summed E-state index contributed by atoms with van der Waals surface area (Å²) >= 11 is 4.14. The average molecular weight is 411 g/mol. The van der Waals surface area contributed by atoms with Gasteiger partial charge in [-0.15, -0.1) is 0 Å². The molecule has 1 heterocycles. The second-order valence-electron chi connectivity index (χ2n) is 10.1. The third kappa shape index (κ3) is 1.97. The molecule has 3 nitrogen and oxygen atoms in total. The maximum absolute atomic E-state index is 12.3. The molecule has 0 aromatic rings. The van der Waals surface area contributed by atoms with Crippen molar-refractivity contribution in [3.05, 3.63) is 0 Å². The molecule has 1 saturated heterocycles. The Labute approximate surface area is 159 Å². The van der Waals surface area contributed by atoms with Crippen LogP contribution in [0.3, 0.4) is 0 Å². The van der Waals surface area contributed by atoms with Gasteiger partial charge in [-0.25, -0.2) is 0 Å². The molecule has 0 aromatic carbocycles. The van der Waals surface area contributed by atoms with Crippen LogP contribution in [0.4, 0.5) is 0 Å². The van der Waals surface area contributed by atoms with E-state index in [0.717, 1.165) is 38.7 Å². The second kappa shape index (κ2) is 5.32. The van der Waals surface area contributed by atoms with Crippen molar-refractivity contribution >= 4 is 21.7 Å². The minimum Gasteiger partial charge on any atom is -0.393 e. The highest BCUT2D eigenvalue weighted by Crippen LogP contribution is 2.72. The summed E-state index contributed by atoms with van der Waals surface area (Å²) in [6.07, 6.45) is 8.79. The van der Waals surface area contributed by atoms with Crippen LogP contribution in [-0.2, 0) is 9.53 Å². The molecular formula is C21H31BrO3. The first-order valence-electron chi connectivity index (χ1n) is 10.3. The van der Waals surface area contributed by atoms with E-state index in [0.29, 0.717) is 23.5 Å². The number of carbonyl (C=O) groups is 1. The fourth-order valence-electron chi connectivity index (χ4n) is 8.38. The molecule has 9 atom stereocenters. The molecular weight excluding hydrogens is 380 g/mol. The number of aliphatic hydroxyl groups excluding tert-OH is 1. The summed E-state index contributed by atoms with van der Waals surface area (Å²) in [6, 6.07) is 0. The maximum Gasteiger partial charge on any atom is 0.133 e. The molecule has 4 saturated carbocycles. The normalized spacial score (nSPS) is 59.8. The van der Waals surface area contributed by atoms with Crippen molar-refractivity contribution in [2.75, 3.05) is 6.61 Å². The highest BCUT2D eigenvalue weighted by Gasteiger charge is 2.72. The molecule has 140 valence electrons. The minimum absolute atomic E-state index is 0.0227. The lowest BCUT2D eigenvalue weighted by Gasteiger charge is -2.62. The second-order valence-corrected chi connectivity index (χ2v) is 11.5. The van der Waals surface area contributed by atoms with Gasteiger partial charge in [-0.3, -0.25) is 4.79 Å². The Morgan fingerprint density at radius 1 is 1.16 bits per heavy atom. The molecule has 5 fully saturated rings. The first-order valence-corrected chi connectivity index (χ1v) is 11.1. The fourth-order valence-corrected chi connectivity index (χ4v) is 9.68. The lowest BCUT2D eigenvalue weighted by molar-refractivity contribution is -0.131. The lowest BCUT2D eigenvalue weighted by Crippen LogP contribution is -2.63. The molecule has 25 heavy (non-hydrogen) atoms. The van der Waals surface area contributed by atoms with Crippen LogP contribution in [0.2, 0.25) is 0 Å². The molecule has 4 heteroatoms. The average Bonchev–Trinajstić information content (AvgIpc) is 2.97. The van der Waals surface area contributed by atoms with Crippen molar-refractivity contribution in [1.29, 1.82) is 0 Å². The topological polar surface area (TPSA) is 46.5 Å². The third-order valence-corrected chi connectivity index (χ3v) is 11.1. The van der Waals surface area contributed by atoms with Crippen LogP contribution in [0.15, 0.2) is 0 Å². The Bertz CT molecular complexity index is 608. The Hall–Kier alpha value is 0.0700. The molecule has 1 N–H and O–H groups in total. The van der Waals surface area contributed by atoms with Crippen molar-refractivity contribution in [3.63, 3.8) is 0 Å². The zero-order valence-corrected chi connectivity index (χ0v) is 17.1. The number of halogens is 1. The Morgan fingerprint density at radius 2 is 1.96 bits per heavy atom. The van der Waals surface area contributed by atoms with Crippen molar-refractivity contribution < 1.29 is 14.6 Å². The van der Waals surface area contributed by atoms with Crippen LogP contribution >= 0.6 is 15.9 Å². The van der Waals surface area contributed by atoms with E-state index in [4.69, 9.17) is 4.74 Å². The van der Waals surface area contributed by atoms with E-state index in [9.17, 15) is 9.90 Å². The molecule has 5 rings (SSSR count). The highest BCUT2D eigenvalue weighted by atomic mass is 79.9. The molecule has 0 spiro atoms. The van der Waals surface area contributed by atoms with Crippen LogP contribution in [-0.4, -0.2) is 34.0 Å². The van der Waals surface area contributed by atoms with Crippen LogP contribution in [0.25, 0.3) is 0 Å². The van der Waals surface area contributed by atoms with Crippen LogP contribution in [0.1, 0.15) is 65.2 Å². The largest absolute Gasteiger partial charge is 0.393 e. The summed E-state index contributed by atoms with van der Waals surface area (Å²) in [6.45, 7) is 5.09. The Balaban J connectivity index is 1.52. The lowest BCUT2D eigenvalue weighted by atomic mass is 9.44. The van der Waals surface area contributed by atoms with E-state index in [1.165, 1.54) is 19.3 Å². The van der Waals surface area contributed by atoms with E-state index >= 15 is 0 Å². The monoisotopic (exact) mass is 410 g/mol. The number of rotatable bonds is 1.